The van der Waals surface area contributed by atoms with Crippen molar-refractivity contribution in [3.8, 4) is 0 Å². The molecule has 0 saturated heterocycles. The number of fused-ring (bicyclic) bond motifs is 2. The molecule has 12 nitrogen and oxygen atoms in total. The second kappa shape index (κ2) is 12.0. The number of aromatic nitrogens is 8. The maximum absolute atomic E-state index is 12.3. The number of rotatable bonds is 6. The van der Waals surface area contributed by atoms with Crippen molar-refractivity contribution in [2.75, 3.05) is 11.9 Å². The Balaban J connectivity index is 0.000000278. The number of nitrogens with zero attached hydrogens (tertiary/aromatic N) is 6. The van der Waals surface area contributed by atoms with Crippen LogP contribution in [0.15, 0.2) is 49.6 Å². The summed E-state index contributed by atoms with van der Waals surface area (Å²) < 4.78 is 5.39. The van der Waals surface area contributed by atoms with Crippen LogP contribution >= 0.6 is 23.2 Å². The zero-order valence-corrected chi connectivity index (χ0v) is 22.4. The summed E-state index contributed by atoms with van der Waals surface area (Å²) in [5, 5.41) is 7.24. The summed E-state index contributed by atoms with van der Waals surface area (Å²) in [6, 6.07) is 7.13. The Kier molecular flexibility index (Phi) is 8.54. The maximum atomic E-state index is 12.3. The van der Waals surface area contributed by atoms with E-state index >= 15 is 0 Å². The van der Waals surface area contributed by atoms with E-state index in [2.05, 4.69) is 50.5 Å². The topological polar surface area (TPSA) is 159 Å². The minimum absolute atomic E-state index is 0.251. The standard InChI is InChI=1S/C19H23ClN6O2.C5H3ClN4/c1-19(2,3)28-18(27)26-14(12-4-6-13(20)7-5-12)8-9-21-16-15-17(23-10-22-15)25-11-24-16;6-4-3-5(9-1-7-3)10-2-8-4/h4-7,10-11,14H,8-9H2,1-3H3,(H,26,27)(H2,21,22,23,24,25);1-2H,(H,7,8,9,10). The van der Waals surface area contributed by atoms with Crippen LogP contribution < -0.4 is 10.6 Å². The molecule has 0 bridgehead atoms. The molecule has 38 heavy (non-hydrogen) atoms. The van der Waals surface area contributed by atoms with Crippen LogP contribution in [0, 0.1) is 0 Å². The number of halogens is 2. The van der Waals surface area contributed by atoms with E-state index in [1.807, 2.05) is 32.9 Å². The van der Waals surface area contributed by atoms with Crippen molar-refractivity contribution in [3.63, 3.8) is 0 Å². The highest BCUT2D eigenvalue weighted by atomic mass is 35.5. The molecule has 14 heteroatoms. The fraction of sp³-hybridized carbons (Fsp3) is 0.292. The highest BCUT2D eigenvalue weighted by Crippen LogP contribution is 2.22. The molecule has 1 atom stereocenters. The lowest BCUT2D eigenvalue weighted by atomic mass is 10.0. The normalized spacial score (nSPS) is 12.0. The fourth-order valence-electron chi connectivity index (χ4n) is 3.44. The summed E-state index contributed by atoms with van der Waals surface area (Å²) in [7, 11) is 0. The van der Waals surface area contributed by atoms with Crippen molar-refractivity contribution >= 4 is 57.4 Å². The lowest BCUT2D eigenvalue weighted by molar-refractivity contribution is 0.0502. The number of imidazole rings is 2. The summed E-state index contributed by atoms with van der Waals surface area (Å²) in [6.07, 6.45) is 6.09. The van der Waals surface area contributed by atoms with Crippen LogP contribution in [0.1, 0.15) is 38.8 Å². The van der Waals surface area contributed by atoms with E-state index < -0.39 is 11.7 Å². The number of hydrogen-bond donors (Lipinski definition) is 4. The molecule has 0 aliphatic rings. The molecule has 1 aromatic carbocycles. The van der Waals surface area contributed by atoms with Crippen molar-refractivity contribution in [3.05, 3.63) is 65.3 Å². The van der Waals surface area contributed by atoms with Gasteiger partial charge in [-0.2, -0.15) is 0 Å². The molecule has 0 aliphatic carbocycles. The summed E-state index contributed by atoms with van der Waals surface area (Å²) in [4.78, 5) is 42.1. The average Bonchev–Trinajstić information content (AvgIpc) is 3.54. The first kappa shape index (κ1) is 27.0. The van der Waals surface area contributed by atoms with Gasteiger partial charge in [0.05, 0.1) is 18.7 Å². The first-order valence-electron chi connectivity index (χ1n) is 11.6. The zero-order valence-electron chi connectivity index (χ0n) is 20.9. The number of ether oxygens (including phenoxy) is 1. The van der Waals surface area contributed by atoms with Crippen molar-refractivity contribution in [2.45, 2.75) is 38.8 Å². The molecule has 4 heterocycles. The van der Waals surface area contributed by atoms with E-state index in [9.17, 15) is 4.79 Å². The molecule has 0 aliphatic heterocycles. The van der Waals surface area contributed by atoms with E-state index in [4.69, 9.17) is 27.9 Å². The molecule has 0 saturated carbocycles. The Morgan fingerprint density at radius 2 is 1.55 bits per heavy atom. The lowest BCUT2D eigenvalue weighted by Crippen LogP contribution is -2.35. The van der Waals surface area contributed by atoms with E-state index in [1.54, 1.807) is 18.5 Å². The molecule has 5 rings (SSSR count). The molecule has 4 aromatic heterocycles. The van der Waals surface area contributed by atoms with Crippen molar-refractivity contribution in [1.82, 2.24) is 45.2 Å². The van der Waals surface area contributed by atoms with Gasteiger partial charge in [0.15, 0.2) is 22.3 Å². The SMILES string of the molecule is CC(C)(C)OC(=O)NC(CCNc1ncnc2nc[nH]c12)c1ccc(Cl)cc1.Clc1ncnc2nc[nH]c12. The van der Waals surface area contributed by atoms with E-state index in [0.29, 0.717) is 45.8 Å². The van der Waals surface area contributed by atoms with Gasteiger partial charge in [0, 0.05) is 11.6 Å². The summed E-state index contributed by atoms with van der Waals surface area (Å²) in [5.41, 5.74) is 2.99. The van der Waals surface area contributed by atoms with Crippen LogP contribution in [0.5, 0.6) is 0 Å². The van der Waals surface area contributed by atoms with Gasteiger partial charge in [-0.3, -0.25) is 0 Å². The number of H-pyrrole nitrogens is 2. The van der Waals surface area contributed by atoms with E-state index in [-0.39, 0.29) is 6.04 Å². The van der Waals surface area contributed by atoms with Gasteiger partial charge < -0.3 is 25.3 Å². The van der Waals surface area contributed by atoms with Crippen LogP contribution in [-0.2, 0) is 4.74 Å². The lowest BCUT2D eigenvalue weighted by Gasteiger charge is -2.24. The smallest absolute Gasteiger partial charge is 0.408 e. The van der Waals surface area contributed by atoms with Gasteiger partial charge in [0.2, 0.25) is 0 Å². The van der Waals surface area contributed by atoms with Gasteiger partial charge in [0.1, 0.15) is 29.3 Å². The third-order valence-corrected chi connectivity index (χ3v) is 5.63. The average molecular weight is 557 g/mol. The maximum Gasteiger partial charge on any atom is 0.408 e. The van der Waals surface area contributed by atoms with Crippen LogP contribution in [0.2, 0.25) is 10.2 Å². The molecule has 4 N–H and O–H groups in total. The van der Waals surface area contributed by atoms with Crippen LogP contribution in [0.4, 0.5) is 10.6 Å². The molecular weight excluding hydrogens is 531 g/mol. The molecule has 0 radical (unpaired) electrons. The molecule has 5 aromatic rings. The minimum atomic E-state index is -0.569. The molecule has 198 valence electrons. The molecular formula is C24H26Cl2N10O2. The summed E-state index contributed by atoms with van der Waals surface area (Å²) in [5.74, 6) is 0.662. The first-order valence-corrected chi connectivity index (χ1v) is 12.4. The highest BCUT2D eigenvalue weighted by molar-refractivity contribution is 6.33. The quantitative estimate of drug-likeness (QED) is 0.209. The minimum Gasteiger partial charge on any atom is -0.444 e. The van der Waals surface area contributed by atoms with E-state index in [1.165, 1.54) is 19.0 Å². The van der Waals surface area contributed by atoms with Crippen LogP contribution in [0.3, 0.4) is 0 Å². The number of alkyl carbamates (subject to hydrolysis) is 1. The fourth-order valence-corrected chi connectivity index (χ4v) is 3.75. The Morgan fingerprint density at radius 1 is 0.921 bits per heavy atom. The van der Waals surface area contributed by atoms with Gasteiger partial charge in [-0.05, 0) is 44.9 Å². The van der Waals surface area contributed by atoms with Crippen molar-refractivity contribution in [1.29, 1.82) is 0 Å². The zero-order chi connectivity index (χ0) is 27.1. The second-order valence-electron chi connectivity index (χ2n) is 9.05. The largest absolute Gasteiger partial charge is 0.444 e. The number of nitrogens with one attached hydrogen (secondary N) is 4. The highest BCUT2D eigenvalue weighted by Gasteiger charge is 2.20. The van der Waals surface area contributed by atoms with Crippen LogP contribution in [0.25, 0.3) is 22.3 Å². The third-order valence-electron chi connectivity index (χ3n) is 5.09. The summed E-state index contributed by atoms with van der Waals surface area (Å²) >= 11 is 11.7. The predicted molar refractivity (Wildman–Crippen MR) is 145 cm³/mol. The number of aromatic amines is 2. The van der Waals surface area contributed by atoms with Gasteiger partial charge >= 0.3 is 6.09 Å². The molecule has 0 fully saturated rings. The number of anilines is 1. The Labute approximate surface area is 228 Å². The van der Waals surface area contributed by atoms with Gasteiger partial charge in [-0.1, -0.05) is 35.3 Å². The second-order valence-corrected chi connectivity index (χ2v) is 9.85. The number of amides is 1. The van der Waals surface area contributed by atoms with Gasteiger partial charge in [0.25, 0.3) is 0 Å². The Morgan fingerprint density at radius 3 is 2.21 bits per heavy atom. The van der Waals surface area contributed by atoms with Gasteiger partial charge in [-0.15, -0.1) is 0 Å². The van der Waals surface area contributed by atoms with Crippen molar-refractivity contribution < 1.29 is 9.53 Å². The Bertz CT molecular complexity index is 1500. The number of carbonyl (C=O) groups excluding carboxylic acids is 1. The Hall–Kier alpha value is -4.03. The van der Waals surface area contributed by atoms with Gasteiger partial charge in [-0.25, -0.2) is 34.7 Å². The number of carbonyl (C=O) groups is 1. The number of benzene rings is 1. The molecule has 0 spiro atoms. The predicted octanol–water partition coefficient (Wildman–Crippen LogP) is 5.08. The number of hydrogen-bond acceptors (Lipinski definition) is 9. The monoisotopic (exact) mass is 556 g/mol. The molecule has 1 amide bonds. The molecule has 1 unspecified atom stereocenters. The van der Waals surface area contributed by atoms with E-state index in [0.717, 1.165) is 11.1 Å². The van der Waals surface area contributed by atoms with Crippen LogP contribution in [-0.4, -0.2) is 58.1 Å². The first-order chi connectivity index (χ1) is 18.2. The van der Waals surface area contributed by atoms with Crippen molar-refractivity contribution in [2.24, 2.45) is 0 Å². The summed E-state index contributed by atoms with van der Waals surface area (Å²) in [6.45, 7) is 6.05. The third kappa shape index (κ3) is 7.26.